The van der Waals surface area contributed by atoms with Crippen LogP contribution in [0.2, 0.25) is 0 Å². The number of carbonyl (C=O) groups is 2. The van der Waals surface area contributed by atoms with E-state index in [9.17, 15) is 9.59 Å². The van der Waals surface area contributed by atoms with Crippen LogP contribution in [0, 0.1) is 6.92 Å². The molecule has 0 fully saturated rings. The Morgan fingerprint density at radius 2 is 1.78 bits per heavy atom. The molecule has 0 spiro atoms. The molecule has 1 aliphatic heterocycles. The molecule has 0 atom stereocenters. The smallest absolute Gasteiger partial charge is 0.359 e. The number of esters is 1. The molecule has 0 aliphatic carbocycles. The van der Waals surface area contributed by atoms with Crippen molar-refractivity contribution >= 4 is 11.9 Å². The first-order valence-corrected chi connectivity index (χ1v) is 8.49. The lowest BCUT2D eigenvalue weighted by Gasteiger charge is -2.29. The fourth-order valence-electron chi connectivity index (χ4n) is 2.89. The molecule has 0 saturated heterocycles. The summed E-state index contributed by atoms with van der Waals surface area (Å²) in [5.41, 5.74) is 2.88. The van der Waals surface area contributed by atoms with Crippen molar-refractivity contribution in [2.75, 3.05) is 27.4 Å². The monoisotopic (exact) mass is 371 g/mol. The Kier molecular flexibility index (Phi) is 5.54. The summed E-state index contributed by atoms with van der Waals surface area (Å²) in [7, 11) is 3.17. The summed E-state index contributed by atoms with van der Waals surface area (Å²) < 4.78 is 15.7. The summed E-state index contributed by atoms with van der Waals surface area (Å²) in [4.78, 5) is 34.0. The molecule has 1 aromatic heterocycles. The van der Waals surface area contributed by atoms with Crippen LogP contribution in [0.4, 0.5) is 0 Å². The van der Waals surface area contributed by atoms with Gasteiger partial charge in [0, 0.05) is 19.3 Å². The van der Waals surface area contributed by atoms with Crippen LogP contribution in [0.25, 0.3) is 0 Å². The molecule has 0 radical (unpaired) electrons. The Morgan fingerprint density at radius 1 is 1.07 bits per heavy atom. The summed E-state index contributed by atoms with van der Waals surface area (Å²) in [6, 6.07) is 3.81. The number of aryl methyl sites for hydroxylation is 1. The molecule has 0 unspecified atom stereocenters. The molecular formula is C19H21N3O5. The fraction of sp³-hybridized carbons (Fsp3) is 0.368. The Morgan fingerprint density at radius 3 is 2.41 bits per heavy atom. The molecule has 2 aromatic rings. The van der Waals surface area contributed by atoms with Gasteiger partial charge in [-0.1, -0.05) is 0 Å². The van der Waals surface area contributed by atoms with Gasteiger partial charge in [-0.15, -0.1) is 0 Å². The maximum Gasteiger partial charge on any atom is 0.359 e. The van der Waals surface area contributed by atoms with Gasteiger partial charge in [0.05, 0.1) is 26.1 Å². The van der Waals surface area contributed by atoms with Gasteiger partial charge in [0.15, 0.2) is 23.8 Å². The van der Waals surface area contributed by atoms with E-state index in [4.69, 9.17) is 14.2 Å². The molecule has 1 aliphatic rings. The van der Waals surface area contributed by atoms with Crippen molar-refractivity contribution in [3.63, 3.8) is 0 Å². The lowest BCUT2D eigenvalue weighted by atomic mass is 9.99. The highest BCUT2D eigenvalue weighted by Crippen LogP contribution is 2.33. The molecule has 0 saturated carbocycles. The number of ether oxygens (including phenoxy) is 3. The summed E-state index contributed by atoms with van der Waals surface area (Å²) in [5.74, 6) is 0.364. The Hall–Kier alpha value is -3.16. The normalized spacial score (nSPS) is 12.9. The summed E-state index contributed by atoms with van der Waals surface area (Å²) >= 11 is 0. The molecule has 0 bridgehead atoms. The average Bonchev–Trinajstić information content (AvgIpc) is 2.70. The van der Waals surface area contributed by atoms with Crippen LogP contribution in [0.1, 0.15) is 27.3 Å². The van der Waals surface area contributed by atoms with Gasteiger partial charge < -0.3 is 19.1 Å². The highest BCUT2D eigenvalue weighted by Gasteiger charge is 2.24. The van der Waals surface area contributed by atoms with Crippen molar-refractivity contribution in [3.05, 3.63) is 47.0 Å². The number of rotatable bonds is 5. The number of nitrogens with zero attached hydrogens (tertiary/aromatic N) is 3. The maximum absolute atomic E-state index is 12.4. The van der Waals surface area contributed by atoms with Crippen molar-refractivity contribution in [2.24, 2.45) is 0 Å². The number of hydrogen-bond acceptors (Lipinski definition) is 7. The zero-order valence-corrected chi connectivity index (χ0v) is 15.5. The highest BCUT2D eigenvalue weighted by molar-refractivity contribution is 5.89. The van der Waals surface area contributed by atoms with Crippen LogP contribution in [0.15, 0.2) is 24.5 Å². The number of hydrogen-bond donors (Lipinski definition) is 0. The second-order valence-electron chi connectivity index (χ2n) is 6.16. The Balaban J connectivity index is 1.62. The molecule has 1 amide bonds. The van der Waals surface area contributed by atoms with E-state index in [1.807, 2.05) is 12.1 Å². The molecule has 8 heteroatoms. The van der Waals surface area contributed by atoms with Crippen LogP contribution in [0.5, 0.6) is 11.5 Å². The molecule has 142 valence electrons. The van der Waals surface area contributed by atoms with Crippen LogP contribution in [-0.4, -0.2) is 54.1 Å². The van der Waals surface area contributed by atoms with Crippen LogP contribution < -0.4 is 9.47 Å². The number of fused-ring (bicyclic) bond motifs is 1. The number of benzene rings is 1. The molecule has 3 rings (SSSR count). The van der Waals surface area contributed by atoms with E-state index in [0.29, 0.717) is 36.7 Å². The predicted octanol–water partition coefficient (Wildman–Crippen LogP) is 1.54. The molecule has 27 heavy (non-hydrogen) atoms. The van der Waals surface area contributed by atoms with Crippen molar-refractivity contribution in [1.29, 1.82) is 0 Å². The van der Waals surface area contributed by atoms with Gasteiger partial charge in [0.2, 0.25) is 0 Å². The summed E-state index contributed by atoms with van der Waals surface area (Å²) in [6.45, 7) is 2.40. The maximum atomic E-state index is 12.4. The third-order valence-electron chi connectivity index (χ3n) is 4.39. The number of carbonyl (C=O) groups excluding carboxylic acids is 2. The molecular weight excluding hydrogens is 350 g/mol. The number of methoxy groups -OCH3 is 2. The number of aromatic nitrogens is 2. The van der Waals surface area contributed by atoms with Gasteiger partial charge in [0.25, 0.3) is 5.91 Å². The Labute approximate surface area is 157 Å². The molecule has 1 aromatic carbocycles. The van der Waals surface area contributed by atoms with E-state index < -0.39 is 5.97 Å². The van der Waals surface area contributed by atoms with Gasteiger partial charge >= 0.3 is 5.97 Å². The van der Waals surface area contributed by atoms with Crippen molar-refractivity contribution in [1.82, 2.24) is 14.9 Å². The van der Waals surface area contributed by atoms with E-state index in [0.717, 1.165) is 11.1 Å². The second-order valence-corrected chi connectivity index (χ2v) is 6.16. The van der Waals surface area contributed by atoms with Gasteiger partial charge in [-0.05, 0) is 36.6 Å². The largest absolute Gasteiger partial charge is 0.493 e. The first-order valence-electron chi connectivity index (χ1n) is 8.49. The minimum Gasteiger partial charge on any atom is -0.493 e. The van der Waals surface area contributed by atoms with Crippen molar-refractivity contribution in [2.45, 2.75) is 19.9 Å². The molecule has 8 nitrogen and oxygen atoms in total. The number of amides is 1. The zero-order chi connectivity index (χ0) is 19.4. The van der Waals surface area contributed by atoms with E-state index in [2.05, 4.69) is 9.97 Å². The average molecular weight is 371 g/mol. The quantitative estimate of drug-likeness (QED) is 0.736. The van der Waals surface area contributed by atoms with Gasteiger partial charge in [0.1, 0.15) is 0 Å². The van der Waals surface area contributed by atoms with E-state index in [-0.39, 0.29) is 18.2 Å². The third-order valence-corrected chi connectivity index (χ3v) is 4.39. The van der Waals surface area contributed by atoms with Crippen LogP contribution in [-0.2, 0) is 22.5 Å². The van der Waals surface area contributed by atoms with E-state index in [1.54, 1.807) is 26.0 Å². The van der Waals surface area contributed by atoms with Gasteiger partial charge in [-0.3, -0.25) is 9.78 Å². The van der Waals surface area contributed by atoms with Gasteiger partial charge in [-0.2, -0.15) is 0 Å². The highest BCUT2D eigenvalue weighted by atomic mass is 16.5. The molecule has 2 heterocycles. The van der Waals surface area contributed by atoms with E-state index >= 15 is 0 Å². The first kappa shape index (κ1) is 18.6. The first-order chi connectivity index (χ1) is 13.0. The lowest BCUT2D eigenvalue weighted by Crippen LogP contribution is -2.38. The van der Waals surface area contributed by atoms with Crippen molar-refractivity contribution in [3.8, 4) is 11.5 Å². The molecule has 0 N–H and O–H groups in total. The minimum absolute atomic E-state index is 0.0780. The second kappa shape index (κ2) is 8.03. The van der Waals surface area contributed by atoms with Crippen molar-refractivity contribution < 1.29 is 23.8 Å². The predicted molar refractivity (Wildman–Crippen MR) is 95.7 cm³/mol. The minimum atomic E-state index is -0.667. The summed E-state index contributed by atoms with van der Waals surface area (Å²) in [5, 5.41) is 0. The standard InChI is InChI=1S/C19H21N3O5/c1-12-8-21-15(9-20-12)19(24)27-11-18(23)22-5-4-13-6-16(25-2)17(26-3)7-14(13)10-22/h6-9H,4-5,10-11H2,1-3H3. The van der Waals surface area contributed by atoms with Gasteiger partial charge in [-0.25, -0.2) is 9.78 Å². The van der Waals surface area contributed by atoms with Crippen LogP contribution >= 0.6 is 0 Å². The topological polar surface area (TPSA) is 90.8 Å². The SMILES string of the molecule is COc1cc2c(cc1OC)CN(C(=O)COC(=O)c1cnc(C)cn1)CC2. The fourth-order valence-corrected chi connectivity index (χ4v) is 2.89. The lowest BCUT2D eigenvalue weighted by molar-refractivity contribution is -0.135. The summed E-state index contributed by atoms with van der Waals surface area (Å²) in [6.07, 6.45) is 3.50. The van der Waals surface area contributed by atoms with Crippen LogP contribution in [0.3, 0.4) is 0 Å². The Bertz CT molecular complexity index is 851. The third kappa shape index (κ3) is 4.16. The zero-order valence-electron chi connectivity index (χ0n) is 15.5. The van der Waals surface area contributed by atoms with E-state index in [1.165, 1.54) is 12.4 Å².